The van der Waals surface area contributed by atoms with Gasteiger partial charge in [0, 0.05) is 235 Å². The zero-order chi connectivity index (χ0) is 107. The van der Waals surface area contributed by atoms with Gasteiger partial charge in [-0.3, -0.25) is 57.5 Å². The molecule has 0 radical (unpaired) electrons. The number of rotatable bonds is 51. The van der Waals surface area contributed by atoms with Gasteiger partial charge in [-0.1, -0.05) is 90.2 Å². The molecule has 144 heavy (non-hydrogen) atoms. The number of amides is 12. The van der Waals surface area contributed by atoms with Gasteiger partial charge in [0.25, 0.3) is 0 Å². The number of methoxy groups -OCH3 is 2. The monoisotopic (exact) mass is 2030 g/mol. The summed E-state index contributed by atoms with van der Waals surface area (Å²) < 4.78 is 28.1. The number of aliphatic carboxylic acids is 2. The van der Waals surface area contributed by atoms with E-state index in [1.54, 1.807) is 33.4 Å². The summed E-state index contributed by atoms with van der Waals surface area (Å²) in [6.45, 7) is 31.5. The number of allylic oxidation sites excluding steroid dienone is 1. The number of carbonyl (C=O) groups is 20. The minimum atomic E-state index is -1.20. The second-order valence-electron chi connectivity index (χ2n) is 34.8. The van der Waals surface area contributed by atoms with E-state index >= 15 is 0 Å². The Morgan fingerprint density at radius 3 is 1.01 bits per heavy atom. The van der Waals surface area contributed by atoms with Gasteiger partial charge in [-0.15, -0.1) is 0 Å². The number of unbranched alkanes of at least 4 members (excludes halogenated alkanes) is 11. The van der Waals surface area contributed by atoms with E-state index in [9.17, 15) is 95.9 Å². The van der Waals surface area contributed by atoms with Gasteiger partial charge < -0.3 is 99.1 Å². The molecule has 0 aromatic rings. The quantitative estimate of drug-likeness (QED) is 0.0143. The molecule has 8 fully saturated rings. The van der Waals surface area contributed by atoms with Crippen LogP contribution in [0.2, 0.25) is 0 Å². The average molecular weight is 2030 g/mol. The number of esters is 6. The second kappa shape index (κ2) is 83.5. The molecule has 0 unspecified atom stereocenters. The molecule has 6 N–H and O–H groups in total. The highest BCUT2D eigenvalue weighted by atomic mass is 16.6. The molecule has 8 aliphatic heterocycles. The average Bonchev–Trinajstić information content (AvgIpc) is 1.79. The Hall–Kier alpha value is -12.9. The topological polar surface area (TPSA) is 511 Å². The van der Waals surface area contributed by atoms with E-state index in [1.807, 2.05) is 31.9 Å². The van der Waals surface area contributed by atoms with Crippen molar-refractivity contribution < 1.29 is 135 Å². The van der Waals surface area contributed by atoms with Crippen molar-refractivity contribution in [3.05, 3.63) is 110 Å². The highest BCUT2D eigenvalue weighted by Gasteiger charge is 2.25. The van der Waals surface area contributed by atoms with Crippen LogP contribution in [-0.2, 0) is 124 Å². The number of carbonyl (C=O) groups excluding carboxylic acids is 18. The highest BCUT2D eigenvalue weighted by Crippen LogP contribution is 2.19. The summed E-state index contributed by atoms with van der Waals surface area (Å²) >= 11 is 0. The van der Waals surface area contributed by atoms with Crippen LogP contribution < -0.4 is 21.3 Å². The van der Waals surface area contributed by atoms with Crippen LogP contribution in [0.3, 0.4) is 0 Å². The van der Waals surface area contributed by atoms with Crippen LogP contribution in [0.4, 0.5) is 0 Å². The number of ether oxygens (including phenoxy) is 6. The number of hydrogen-bond donors (Lipinski definition) is 6. The third-order valence-electron chi connectivity index (χ3n) is 23.0. The van der Waals surface area contributed by atoms with Crippen molar-refractivity contribution in [1.29, 1.82) is 0 Å². The fourth-order valence-electron chi connectivity index (χ4n) is 14.8. The predicted octanol–water partition coefficient (Wildman–Crippen LogP) is 9.26. The van der Waals surface area contributed by atoms with Crippen LogP contribution in [0.25, 0.3) is 0 Å². The lowest BCUT2D eigenvalue weighted by Gasteiger charge is -2.20. The molecule has 0 spiro atoms. The number of nitrogens with one attached hydrogen (secondary N) is 4. The van der Waals surface area contributed by atoms with Gasteiger partial charge in [-0.25, -0.2) is 38.4 Å². The van der Waals surface area contributed by atoms with E-state index in [-0.39, 0.29) is 72.4 Å². The van der Waals surface area contributed by atoms with Gasteiger partial charge in [0.15, 0.2) is 0 Å². The van der Waals surface area contributed by atoms with Crippen molar-refractivity contribution in [1.82, 2.24) is 60.5 Å². The molecule has 8 aliphatic rings. The van der Waals surface area contributed by atoms with E-state index in [1.165, 1.54) is 45.6 Å². The van der Waals surface area contributed by atoms with Gasteiger partial charge in [0.05, 0.1) is 40.5 Å². The molecule has 0 atom stereocenters. The fraction of sp³-hybridized carbons (Fsp3) is 0.635. The summed E-state index contributed by atoms with van der Waals surface area (Å²) in [5.41, 5.74) is 1.01. The third kappa shape index (κ3) is 69.1. The molecule has 0 aliphatic carbocycles. The smallest absolute Gasteiger partial charge is 0.333 e. The molecule has 0 bridgehead atoms. The normalized spacial score (nSPS) is 15.8. The maximum absolute atomic E-state index is 11.8. The van der Waals surface area contributed by atoms with Gasteiger partial charge in [-0.2, -0.15) is 0 Å². The summed E-state index contributed by atoms with van der Waals surface area (Å²) in [5, 5.41) is 27.2. The van der Waals surface area contributed by atoms with Crippen molar-refractivity contribution in [2.75, 3.05) is 165 Å². The van der Waals surface area contributed by atoms with Gasteiger partial charge >= 0.3 is 47.8 Å². The van der Waals surface area contributed by atoms with Crippen molar-refractivity contribution >= 4 is 119 Å². The van der Waals surface area contributed by atoms with Crippen molar-refractivity contribution in [2.45, 2.75) is 264 Å². The van der Waals surface area contributed by atoms with Crippen LogP contribution in [-0.4, -0.2) is 333 Å². The molecule has 0 aromatic heterocycles. The van der Waals surface area contributed by atoms with Crippen LogP contribution in [0, 0.1) is 0 Å². The van der Waals surface area contributed by atoms with E-state index in [2.05, 4.69) is 57.1 Å². The summed E-state index contributed by atoms with van der Waals surface area (Å²) in [7, 11) is 2.46. The molecule has 40 heteroatoms. The number of likely N-dealkylation sites (tertiary alicyclic amines) is 8. The SMILES string of the molecule is C=C(C)C(=O)NCCCCCCN1CCCCCC1=O.C=C(C)C(=O)OCCCCCCN1CCCCCC1=O.C=CC(=O)NCCCCCCN1CCCCCC1=O.C=CC(=O)OCCCC/C=C/N1CCCCCC1=O.COC(=O)C=CC(=O)NCCN1CCCC1=O.COC(=O)C=CC(=O)OCCN1CCCC1=O.O=C(O)C=CC(=O)NCCN1CCCC1=O.O=C(O)C=CC(=O)OCCN1CCCC1=O. The summed E-state index contributed by atoms with van der Waals surface area (Å²) in [6.07, 6.45) is 51.1. The summed E-state index contributed by atoms with van der Waals surface area (Å²) in [4.78, 5) is 236. The zero-order valence-electron chi connectivity index (χ0n) is 85.7. The number of carboxylic acids is 2. The number of nitrogens with zero attached hydrogens (tertiary/aromatic N) is 8. The molecule has 12 amide bonds. The van der Waals surface area contributed by atoms with E-state index < -0.39 is 41.7 Å². The maximum Gasteiger partial charge on any atom is 0.333 e. The molecule has 8 rings (SSSR count). The number of carboxylic acid groups (broad SMARTS) is 2. The first-order valence-electron chi connectivity index (χ1n) is 50.7. The van der Waals surface area contributed by atoms with E-state index in [0.717, 1.165) is 300 Å². The largest absolute Gasteiger partial charge is 0.478 e. The standard InChI is InChI=1S/C16H28N2O2.C16H27NO3.C15H26N2O2.C15H23NO3.C11H16N2O4.C11H15NO5.C10H14N2O4.C10H13NO5/c1-14(2)16(20)17-11-7-3-4-8-12-18-13-9-5-6-10-15(18)19;1-14(2)16(19)20-13-9-4-3-7-11-17-12-8-5-6-10-15(17)18;1-2-14(18)16-11-7-3-4-8-12-17-13-9-5-6-10-15(17)19;1-2-15(18)19-13-9-4-3-7-11-16-12-8-5-6-10-14(16)17;1-17-11(16)5-4-9(14)12-6-8-13-7-2-3-10(13)15;1-16-10(14)4-5-11(15)17-8-7-12-6-2-3-9(12)13;13-8(3-4-10(15)16)11-5-7-12-6-1-2-9(12)14;12-8-2-1-5-11(8)6-7-16-10(15)4-3-9(13)14/h1,3-13H2,2H3,(H,17,20);1,3-13H2,2H3;2H,1,3-13H2,(H,16,18);2,7,11H,1,3-6,8-10,12-13H2;4-5H,2-3,6-8H2,1H3,(H,12,14);4-5H,2-3,6-8H2,1H3;3-4H,1-2,5-7H2,(H,11,13)(H,15,16);3-4H,1-2,5-7H2,(H,13,14)/b;;;11-7+;;;;. The van der Waals surface area contributed by atoms with Crippen molar-refractivity contribution in [3.63, 3.8) is 0 Å². The van der Waals surface area contributed by atoms with Gasteiger partial charge in [0.1, 0.15) is 13.2 Å². The molecular weight excluding hydrogens is 1870 g/mol. The molecule has 0 aromatic carbocycles. The molecule has 0 saturated carbocycles. The Morgan fingerprint density at radius 1 is 0.299 bits per heavy atom. The minimum Gasteiger partial charge on any atom is -0.478 e. The van der Waals surface area contributed by atoms with Crippen LogP contribution in [0.15, 0.2) is 110 Å². The van der Waals surface area contributed by atoms with Gasteiger partial charge in [-0.05, 0) is 161 Å². The molecule has 40 nitrogen and oxygen atoms in total. The summed E-state index contributed by atoms with van der Waals surface area (Å²) in [6, 6.07) is 0. The summed E-state index contributed by atoms with van der Waals surface area (Å²) in [5.74, 6) is -4.96. The van der Waals surface area contributed by atoms with Crippen LogP contribution in [0.5, 0.6) is 0 Å². The molecule has 8 heterocycles. The number of hydrogen-bond acceptors (Lipinski definition) is 26. The minimum absolute atomic E-state index is 0.0554. The van der Waals surface area contributed by atoms with Gasteiger partial charge in [0.2, 0.25) is 70.9 Å². The van der Waals surface area contributed by atoms with E-state index in [4.69, 9.17) is 29.2 Å². The first-order valence-corrected chi connectivity index (χ1v) is 50.7. The van der Waals surface area contributed by atoms with E-state index in [0.29, 0.717) is 146 Å². The maximum atomic E-state index is 11.8. The molecule has 8 saturated heterocycles. The Labute approximate surface area is 849 Å². The Bertz CT molecular complexity index is 4000. The molecular formula is C104H162N12O28. The van der Waals surface area contributed by atoms with Crippen molar-refractivity contribution in [2.24, 2.45) is 0 Å². The lowest BCUT2D eigenvalue weighted by molar-refractivity contribution is -0.140. The fourth-order valence-corrected chi connectivity index (χ4v) is 14.8. The van der Waals surface area contributed by atoms with Crippen LogP contribution >= 0.6 is 0 Å². The third-order valence-corrected chi connectivity index (χ3v) is 23.0. The van der Waals surface area contributed by atoms with Crippen molar-refractivity contribution in [3.8, 4) is 0 Å². The predicted molar refractivity (Wildman–Crippen MR) is 539 cm³/mol. The first-order chi connectivity index (χ1) is 69.1. The first kappa shape index (κ1) is 129. The second-order valence-corrected chi connectivity index (χ2v) is 34.8. The lowest BCUT2D eigenvalue weighted by Crippen LogP contribution is -2.34. The zero-order valence-corrected chi connectivity index (χ0v) is 85.7. The Kier molecular flexibility index (Phi) is 74.9. The lowest BCUT2D eigenvalue weighted by atomic mass is 10.2. The Morgan fingerprint density at radius 2 is 0.618 bits per heavy atom. The molecule has 806 valence electrons. The van der Waals surface area contributed by atoms with Crippen LogP contribution in [0.1, 0.15) is 264 Å². The highest BCUT2D eigenvalue weighted by molar-refractivity contribution is 5.96. The Balaban J connectivity index is 0.000000824.